The number of H-pyrrole nitrogens is 1. The molecule has 0 aromatic carbocycles. The third kappa shape index (κ3) is 2.56. The summed E-state index contributed by atoms with van der Waals surface area (Å²) in [7, 11) is 0. The van der Waals surface area contributed by atoms with Crippen LogP contribution in [0.15, 0.2) is 17.2 Å². The summed E-state index contributed by atoms with van der Waals surface area (Å²) in [5.74, 6) is 0.415. The SMILES string of the molecule is NC1CCC(Nc2ncc[nH]c2=O)CC1. The molecule has 15 heavy (non-hydrogen) atoms. The molecule has 0 bridgehead atoms. The van der Waals surface area contributed by atoms with E-state index in [1.54, 1.807) is 6.20 Å². The molecule has 1 aromatic rings. The summed E-state index contributed by atoms with van der Waals surface area (Å²) in [6, 6.07) is 0.658. The van der Waals surface area contributed by atoms with Crippen molar-refractivity contribution in [1.29, 1.82) is 0 Å². The van der Waals surface area contributed by atoms with Crippen LogP contribution in [-0.4, -0.2) is 22.1 Å². The zero-order valence-electron chi connectivity index (χ0n) is 8.57. The minimum atomic E-state index is -0.160. The monoisotopic (exact) mass is 208 g/mol. The number of nitrogens with one attached hydrogen (secondary N) is 2. The summed E-state index contributed by atoms with van der Waals surface area (Å²) < 4.78 is 0. The first-order valence-corrected chi connectivity index (χ1v) is 5.31. The van der Waals surface area contributed by atoms with Gasteiger partial charge in [-0.2, -0.15) is 0 Å². The van der Waals surface area contributed by atoms with Crippen LogP contribution in [0.25, 0.3) is 0 Å². The molecule has 1 aliphatic carbocycles. The van der Waals surface area contributed by atoms with Crippen LogP contribution in [0.2, 0.25) is 0 Å². The first-order valence-electron chi connectivity index (χ1n) is 5.31. The maximum Gasteiger partial charge on any atom is 0.290 e. The van der Waals surface area contributed by atoms with Gasteiger partial charge in [0.25, 0.3) is 5.56 Å². The van der Waals surface area contributed by atoms with Crippen molar-refractivity contribution in [2.45, 2.75) is 37.8 Å². The lowest BCUT2D eigenvalue weighted by atomic mass is 9.92. The van der Waals surface area contributed by atoms with Gasteiger partial charge in [0.1, 0.15) is 0 Å². The molecule has 0 atom stereocenters. The van der Waals surface area contributed by atoms with E-state index in [9.17, 15) is 4.79 Å². The molecule has 5 nitrogen and oxygen atoms in total. The van der Waals surface area contributed by atoms with E-state index in [2.05, 4.69) is 15.3 Å². The predicted octanol–water partition coefficient (Wildman–Crippen LogP) is 0.452. The number of nitrogens with zero attached hydrogens (tertiary/aromatic N) is 1. The van der Waals surface area contributed by atoms with Crippen LogP contribution in [0.5, 0.6) is 0 Å². The van der Waals surface area contributed by atoms with Crippen LogP contribution >= 0.6 is 0 Å². The standard InChI is InChI=1S/C10H16N4O/c11-7-1-3-8(4-2-7)14-9-10(15)13-6-5-12-9/h5-8H,1-4,11H2,(H,12,14)(H,13,15). The predicted molar refractivity (Wildman–Crippen MR) is 58.7 cm³/mol. The van der Waals surface area contributed by atoms with Gasteiger partial charge in [-0.05, 0) is 25.7 Å². The number of hydrogen-bond donors (Lipinski definition) is 3. The van der Waals surface area contributed by atoms with Gasteiger partial charge in [-0.1, -0.05) is 0 Å². The molecule has 1 saturated carbocycles. The number of nitrogens with two attached hydrogens (primary N) is 1. The molecule has 0 spiro atoms. The van der Waals surface area contributed by atoms with E-state index in [4.69, 9.17) is 5.73 Å². The topological polar surface area (TPSA) is 83.8 Å². The van der Waals surface area contributed by atoms with Gasteiger partial charge in [0.05, 0.1) is 0 Å². The fourth-order valence-electron chi connectivity index (χ4n) is 1.91. The van der Waals surface area contributed by atoms with Crippen molar-refractivity contribution in [1.82, 2.24) is 9.97 Å². The molecule has 1 aliphatic rings. The Kier molecular flexibility index (Phi) is 3.01. The van der Waals surface area contributed by atoms with E-state index in [0.29, 0.717) is 17.9 Å². The molecule has 2 rings (SSSR count). The summed E-state index contributed by atoms with van der Waals surface area (Å²) in [6.07, 6.45) is 7.17. The second-order valence-corrected chi connectivity index (χ2v) is 4.02. The van der Waals surface area contributed by atoms with Crippen LogP contribution in [-0.2, 0) is 0 Å². The zero-order valence-corrected chi connectivity index (χ0v) is 8.57. The van der Waals surface area contributed by atoms with Gasteiger partial charge in [-0.15, -0.1) is 0 Å². The molecular weight excluding hydrogens is 192 g/mol. The van der Waals surface area contributed by atoms with Crippen molar-refractivity contribution in [3.8, 4) is 0 Å². The summed E-state index contributed by atoms with van der Waals surface area (Å²) in [4.78, 5) is 18.0. The van der Waals surface area contributed by atoms with Crippen LogP contribution in [0, 0.1) is 0 Å². The summed E-state index contributed by atoms with van der Waals surface area (Å²) >= 11 is 0. The van der Waals surface area contributed by atoms with Gasteiger partial charge in [0, 0.05) is 24.5 Å². The van der Waals surface area contributed by atoms with Crippen LogP contribution in [0.3, 0.4) is 0 Å². The average Bonchev–Trinajstić information content (AvgIpc) is 2.25. The van der Waals surface area contributed by atoms with Gasteiger partial charge in [0.15, 0.2) is 5.82 Å². The van der Waals surface area contributed by atoms with Crippen LogP contribution < -0.4 is 16.6 Å². The maximum absolute atomic E-state index is 11.4. The van der Waals surface area contributed by atoms with Gasteiger partial charge in [0.2, 0.25) is 0 Å². The highest BCUT2D eigenvalue weighted by Gasteiger charge is 2.19. The summed E-state index contributed by atoms with van der Waals surface area (Å²) in [6.45, 7) is 0. The number of anilines is 1. The number of aromatic nitrogens is 2. The Balaban J connectivity index is 1.98. The molecule has 1 aromatic heterocycles. The molecular formula is C10H16N4O. The van der Waals surface area contributed by atoms with Gasteiger partial charge < -0.3 is 16.0 Å². The fraction of sp³-hybridized carbons (Fsp3) is 0.600. The molecule has 0 radical (unpaired) electrons. The summed E-state index contributed by atoms with van der Waals surface area (Å²) in [5.41, 5.74) is 5.65. The van der Waals surface area contributed by atoms with Crippen LogP contribution in [0.4, 0.5) is 5.82 Å². The van der Waals surface area contributed by atoms with Gasteiger partial charge >= 0.3 is 0 Å². The normalized spacial score (nSPS) is 26.2. The smallest absolute Gasteiger partial charge is 0.290 e. The first-order chi connectivity index (χ1) is 7.25. The van der Waals surface area contributed by atoms with E-state index in [0.717, 1.165) is 25.7 Å². The van der Waals surface area contributed by atoms with E-state index < -0.39 is 0 Å². The highest BCUT2D eigenvalue weighted by molar-refractivity contribution is 5.31. The Bertz CT molecular complexity index is 368. The number of hydrogen-bond acceptors (Lipinski definition) is 4. The number of rotatable bonds is 2. The lowest BCUT2D eigenvalue weighted by Gasteiger charge is -2.26. The molecule has 4 N–H and O–H groups in total. The van der Waals surface area contributed by atoms with Crippen molar-refractivity contribution in [2.75, 3.05) is 5.32 Å². The summed E-state index contributed by atoms with van der Waals surface area (Å²) in [5, 5.41) is 3.16. The van der Waals surface area contributed by atoms with E-state index in [1.807, 2.05) is 0 Å². The second kappa shape index (κ2) is 4.44. The van der Waals surface area contributed by atoms with Crippen molar-refractivity contribution in [3.63, 3.8) is 0 Å². The molecule has 0 saturated heterocycles. The quantitative estimate of drug-likeness (QED) is 0.659. The fourth-order valence-corrected chi connectivity index (χ4v) is 1.91. The molecule has 5 heteroatoms. The minimum Gasteiger partial charge on any atom is -0.363 e. The van der Waals surface area contributed by atoms with Gasteiger partial charge in [-0.25, -0.2) is 4.98 Å². The Hall–Kier alpha value is -1.36. The van der Waals surface area contributed by atoms with Gasteiger partial charge in [-0.3, -0.25) is 4.79 Å². The van der Waals surface area contributed by atoms with E-state index in [1.165, 1.54) is 6.20 Å². The average molecular weight is 208 g/mol. The zero-order chi connectivity index (χ0) is 10.7. The Morgan fingerprint density at radius 3 is 2.80 bits per heavy atom. The molecule has 0 unspecified atom stereocenters. The Morgan fingerprint density at radius 1 is 1.40 bits per heavy atom. The molecule has 82 valence electrons. The lowest BCUT2D eigenvalue weighted by Crippen LogP contribution is -2.34. The minimum absolute atomic E-state index is 0.160. The first kappa shape index (κ1) is 10.2. The van der Waals surface area contributed by atoms with Crippen molar-refractivity contribution in [3.05, 3.63) is 22.7 Å². The molecule has 0 aliphatic heterocycles. The molecule has 0 amide bonds. The molecule has 1 heterocycles. The largest absolute Gasteiger partial charge is 0.363 e. The van der Waals surface area contributed by atoms with Crippen molar-refractivity contribution < 1.29 is 0 Å². The third-order valence-electron chi connectivity index (χ3n) is 2.82. The molecule has 1 fully saturated rings. The Morgan fingerprint density at radius 2 is 2.13 bits per heavy atom. The van der Waals surface area contributed by atoms with Crippen molar-refractivity contribution in [2.24, 2.45) is 5.73 Å². The van der Waals surface area contributed by atoms with Crippen molar-refractivity contribution >= 4 is 5.82 Å². The second-order valence-electron chi connectivity index (χ2n) is 4.02. The van der Waals surface area contributed by atoms with E-state index in [-0.39, 0.29) is 5.56 Å². The van der Waals surface area contributed by atoms with E-state index >= 15 is 0 Å². The highest BCUT2D eigenvalue weighted by atomic mass is 16.1. The number of aromatic amines is 1. The Labute approximate surface area is 88.1 Å². The van der Waals surface area contributed by atoms with Crippen LogP contribution in [0.1, 0.15) is 25.7 Å². The third-order valence-corrected chi connectivity index (χ3v) is 2.82. The maximum atomic E-state index is 11.4. The lowest BCUT2D eigenvalue weighted by molar-refractivity contribution is 0.410. The highest BCUT2D eigenvalue weighted by Crippen LogP contribution is 2.18.